The van der Waals surface area contributed by atoms with Crippen molar-refractivity contribution in [3.63, 3.8) is 0 Å². The highest BCUT2D eigenvalue weighted by Gasteiger charge is 2.15. The standard InChI is InChI=1S/C14H21BrN2O4S/c1-2-3-8-21-9-4-7-17-14(18)12-10-11(22(16,19)20)5-6-13(12)15/h5-6,10H,2-4,7-9H2,1H3,(H,17,18)(H2,16,19,20). The van der Waals surface area contributed by atoms with E-state index in [0.717, 1.165) is 19.4 Å². The number of halogens is 1. The number of benzene rings is 1. The van der Waals surface area contributed by atoms with Gasteiger partial charge in [0.1, 0.15) is 0 Å². The van der Waals surface area contributed by atoms with E-state index in [2.05, 4.69) is 28.2 Å². The number of hydrogen-bond acceptors (Lipinski definition) is 4. The Morgan fingerprint density at radius 2 is 2.00 bits per heavy atom. The predicted molar refractivity (Wildman–Crippen MR) is 88.2 cm³/mol. The molecule has 0 aliphatic heterocycles. The number of nitrogens with one attached hydrogen (secondary N) is 1. The third-order valence-electron chi connectivity index (χ3n) is 2.90. The molecule has 0 radical (unpaired) electrons. The van der Waals surface area contributed by atoms with Gasteiger partial charge in [-0.3, -0.25) is 4.79 Å². The van der Waals surface area contributed by atoms with Crippen molar-refractivity contribution in [2.75, 3.05) is 19.8 Å². The van der Waals surface area contributed by atoms with Gasteiger partial charge in [-0.05, 0) is 47.0 Å². The van der Waals surface area contributed by atoms with Crippen LogP contribution in [0.5, 0.6) is 0 Å². The van der Waals surface area contributed by atoms with E-state index in [1.54, 1.807) is 0 Å². The van der Waals surface area contributed by atoms with Gasteiger partial charge in [0.05, 0.1) is 10.5 Å². The Morgan fingerprint density at radius 1 is 1.32 bits per heavy atom. The number of rotatable bonds is 9. The smallest absolute Gasteiger partial charge is 0.252 e. The maximum atomic E-state index is 12.1. The van der Waals surface area contributed by atoms with Gasteiger partial charge in [0.25, 0.3) is 5.91 Å². The maximum absolute atomic E-state index is 12.1. The first-order chi connectivity index (χ1) is 10.4. The van der Waals surface area contributed by atoms with E-state index in [0.29, 0.717) is 24.0 Å². The van der Waals surface area contributed by atoms with E-state index < -0.39 is 10.0 Å². The Morgan fingerprint density at radius 3 is 2.64 bits per heavy atom. The summed E-state index contributed by atoms with van der Waals surface area (Å²) in [4.78, 5) is 12.0. The minimum atomic E-state index is -3.83. The lowest BCUT2D eigenvalue weighted by atomic mass is 10.2. The number of carbonyl (C=O) groups is 1. The fraction of sp³-hybridized carbons (Fsp3) is 0.500. The third kappa shape index (κ3) is 6.43. The monoisotopic (exact) mass is 392 g/mol. The molecule has 8 heteroatoms. The summed E-state index contributed by atoms with van der Waals surface area (Å²) in [5.74, 6) is -0.356. The first kappa shape index (κ1) is 19.1. The van der Waals surface area contributed by atoms with Crippen molar-refractivity contribution in [1.82, 2.24) is 5.32 Å². The molecule has 1 rings (SSSR count). The lowest BCUT2D eigenvalue weighted by Gasteiger charge is -2.08. The van der Waals surface area contributed by atoms with Gasteiger partial charge in [0.15, 0.2) is 0 Å². The zero-order chi connectivity index (χ0) is 16.6. The van der Waals surface area contributed by atoms with Crippen molar-refractivity contribution in [3.8, 4) is 0 Å². The maximum Gasteiger partial charge on any atom is 0.252 e. The Labute approximate surface area is 139 Å². The molecule has 22 heavy (non-hydrogen) atoms. The van der Waals surface area contributed by atoms with Crippen molar-refractivity contribution < 1.29 is 17.9 Å². The molecule has 0 atom stereocenters. The van der Waals surface area contributed by atoms with E-state index in [4.69, 9.17) is 9.88 Å². The van der Waals surface area contributed by atoms with Gasteiger partial charge < -0.3 is 10.1 Å². The van der Waals surface area contributed by atoms with Crippen LogP contribution in [0.15, 0.2) is 27.6 Å². The minimum absolute atomic E-state index is 0.0938. The highest BCUT2D eigenvalue weighted by molar-refractivity contribution is 9.10. The largest absolute Gasteiger partial charge is 0.381 e. The van der Waals surface area contributed by atoms with Gasteiger partial charge >= 0.3 is 0 Å². The van der Waals surface area contributed by atoms with Gasteiger partial charge in [-0.2, -0.15) is 0 Å². The molecule has 0 aromatic heterocycles. The second-order valence-corrected chi connectivity index (χ2v) is 7.18. The fourth-order valence-electron chi connectivity index (χ4n) is 1.68. The molecule has 0 aliphatic rings. The summed E-state index contributed by atoms with van der Waals surface area (Å²) < 4.78 is 28.5. The van der Waals surface area contributed by atoms with Crippen LogP contribution in [0.3, 0.4) is 0 Å². The summed E-state index contributed by atoms with van der Waals surface area (Å²) in [5.41, 5.74) is 0.235. The Kier molecular flexibility index (Phi) is 8.02. The lowest BCUT2D eigenvalue weighted by molar-refractivity contribution is 0.0939. The van der Waals surface area contributed by atoms with Crippen LogP contribution in [0.4, 0.5) is 0 Å². The van der Waals surface area contributed by atoms with Crippen molar-refractivity contribution >= 4 is 31.9 Å². The van der Waals surface area contributed by atoms with Crippen LogP contribution in [0.25, 0.3) is 0 Å². The Balaban J connectivity index is 2.52. The molecule has 1 aromatic rings. The van der Waals surface area contributed by atoms with E-state index in [9.17, 15) is 13.2 Å². The Bertz CT molecular complexity index is 605. The second-order valence-electron chi connectivity index (χ2n) is 4.76. The van der Waals surface area contributed by atoms with Crippen LogP contribution in [0.1, 0.15) is 36.5 Å². The molecule has 0 saturated heterocycles. The highest BCUT2D eigenvalue weighted by atomic mass is 79.9. The topological polar surface area (TPSA) is 98.5 Å². The number of nitrogens with two attached hydrogens (primary N) is 1. The molecule has 0 saturated carbocycles. The molecule has 0 unspecified atom stereocenters. The molecule has 3 N–H and O–H groups in total. The highest BCUT2D eigenvalue weighted by Crippen LogP contribution is 2.20. The number of sulfonamides is 1. The van der Waals surface area contributed by atoms with Crippen LogP contribution in [-0.4, -0.2) is 34.1 Å². The molecule has 0 bridgehead atoms. The normalized spacial score (nSPS) is 11.4. The molecular weight excluding hydrogens is 372 g/mol. The molecule has 124 valence electrons. The van der Waals surface area contributed by atoms with Crippen molar-refractivity contribution in [3.05, 3.63) is 28.2 Å². The Hall–Kier alpha value is -0.960. The van der Waals surface area contributed by atoms with Crippen LogP contribution in [0.2, 0.25) is 0 Å². The van der Waals surface area contributed by atoms with Crippen molar-refractivity contribution in [1.29, 1.82) is 0 Å². The van der Waals surface area contributed by atoms with Gasteiger partial charge in [-0.1, -0.05) is 13.3 Å². The fourth-order valence-corrected chi connectivity index (χ4v) is 2.64. The van der Waals surface area contributed by atoms with Crippen LogP contribution in [0, 0.1) is 0 Å². The summed E-state index contributed by atoms with van der Waals surface area (Å²) in [7, 11) is -3.83. The average Bonchev–Trinajstić information content (AvgIpc) is 2.45. The van der Waals surface area contributed by atoms with Crippen molar-refractivity contribution in [2.45, 2.75) is 31.1 Å². The predicted octanol–water partition coefficient (Wildman–Crippen LogP) is 2.03. The molecule has 0 heterocycles. The van der Waals surface area contributed by atoms with Crippen molar-refractivity contribution in [2.24, 2.45) is 5.14 Å². The molecule has 0 fully saturated rings. The number of unbranched alkanes of at least 4 members (excludes halogenated alkanes) is 1. The summed E-state index contributed by atoms with van der Waals surface area (Å²) in [6, 6.07) is 4.09. The molecule has 0 aliphatic carbocycles. The van der Waals surface area contributed by atoms with E-state index in [1.807, 2.05) is 0 Å². The molecule has 1 amide bonds. The van der Waals surface area contributed by atoms with Gasteiger partial charge in [-0.25, -0.2) is 13.6 Å². The molecule has 6 nitrogen and oxygen atoms in total. The first-order valence-electron chi connectivity index (χ1n) is 7.04. The number of hydrogen-bond donors (Lipinski definition) is 2. The zero-order valence-corrected chi connectivity index (χ0v) is 14.9. The number of ether oxygens (including phenoxy) is 1. The van der Waals surface area contributed by atoms with E-state index >= 15 is 0 Å². The van der Waals surface area contributed by atoms with E-state index in [1.165, 1.54) is 18.2 Å². The van der Waals surface area contributed by atoms with Crippen LogP contribution < -0.4 is 10.5 Å². The number of carbonyl (C=O) groups excluding carboxylic acids is 1. The summed E-state index contributed by atoms with van der Waals surface area (Å²) >= 11 is 3.23. The SMILES string of the molecule is CCCCOCCCNC(=O)c1cc(S(N)(=O)=O)ccc1Br. The van der Waals surface area contributed by atoms with Gasteiger partial charge in [-0.15, -0.1) is 0 Å². The third-order valence-corrected chi connectivity index (χ3v) is 4.51. The first-order valence-corrected chi connectivity index (χ1v) is 9.38. The number of primary sulfonamides is 1. The average molecular weight is 393 g/mol. The second kappa shape index (κ2) is 9.24. The van der Waals surface area contributed by atoms with E-state index in [-0.39, 0.29) is 16.4 Å². The van der Waals surface area contributed by atoms with Gasteiger partial charge in [0.2, 0.25) is 10.0 Å². The van der Waals surface area contributed by atoms with Crippen LogP contribution in [-0.2, 0) is 14.8 Å². The summed E-state index contributed by atoms with van der Waals surface area (Å²) in [6.07, 6.45) is 2.81. The molecule has 1 aromatic carbocycles. The lowest BCUT2D eigenvalue weighted by Crippen LogP contribution is -2.26. The minimum Gasteiger partial charge on any atom is -0.381 e. The number of amides is 1. The summed E-state index contributed by atoms with van der Waals surface area (Å²) in [6.45, 7) is 3.86. The zero-order valence-electron chi connectivity index (χ0n) is 12.5. The quantitative estimate of drug-likeness (QED) is 0.628. The molecule has 0 spiro atoms. The van der Waals surface area contributed by atoms with Gasteiger partial charge in [0, 0.05) is 24.2 Å². The molecular formula is C14H21BrN2O4S. The van der Waals surface area contributed by atoms with Crippen LogP contribution >= 0.6 is 15.9 Å². The summed E-state index contributed by atoms with van der Waals surface area (Å²) in [5, 5.41) is 7.79.